The second-order valence-corrected chi connectivity index (χ2v) is 2.96. The molecule has 2 N–H and O–H groups in total. The number of methoxy groups -OCH3 is 1. The molecule has 1 heterocycles. The van der Waals surface area contributed by atoms with Crippen LogP contribution in [0.1, 0.15) is 5.56 Å². The SMILES string of the molecule is COCCNC(=O)NCc1ccncc1. The first-order valence-electron chi connectivity index (χ1n) is 4.72. The Hall–Kier alpha value is -1.62. The first-order valence-corrected chi connectivity index (χ1v) is 4.72. The molecule has 1 aromatic heterocycles. The van der Waals surface area contributed by atoms with Crippen LogP contribution in [0.15, 0.2) is 24.5 Å². The smallest absolute Gasteiger partial charge is 0.315 e. The Bertz CT molecular complexity index is 290. The maximum Gasteiger partial charge on any atom is 0.315 e. The van der Waals surface area contributed by atoms with Gasteiger partial charge in [0.1, 0.15) is 0 Å². The lowest BCUT2D eigenvalue weighted by Crippen LogP contribution is -2.36. The van der Waals surface area contributed by atoms with Crippen molar-refractivity contribution in [2.45, 2.75) is 6.54 Å². The van der Waals surface area contributed by atoms with Crippen molar-refractivity contribution in [3.8, 4) is 0 Å². The van der Waals surface area contributed by atoms with Crippen LogP contribution >= 0.6 is 0 Å². The molecule has 0 radical (unpaired) electrons. The number of nitrogens with one attached hydrogen (secondary N) is 2. The lowest BCUT2D eigenvalue weighted by molar-refractivity contribution is 0.196. The van der Waals surface area contributed by atoms with Crippen LogP contribution in [0.25, 0.3) is 0 Å². The fraction of sp³-hybridized carbons (Fsp3) is 0.400. The number of carbonyl (C=O) groups is 1. The molecule has 1 aromatic rings. The third-order valence-electron chi connectivity index (χ3n) is 1.79. The highest BCUT2D eigenvalue weighted by Crippen LogP contribution is 1.94. The van der Waals surface area contributed by atoms with E-state index in [0.717, 1.165) is 5.56 Å². The summed E-state index contributed by atoms with van der Waals surface area (Å²) in [6.07, 6.45) is 3.39. The minimum absolute atomic E-state index is 0.191. The predicted octanol–water partition coefficient (Wildman–Crippen LogP) is 0.527. The summed E-state index contributed by atoms with van der Waals surface area (Å²) < 4.78 is 4.80. The summed E-state index contributed by atoms with van der Waals surface area (Å²) >= 11 is 0. The van der Waals surface area contributed by atoms with Gasteiger partial charge in [-0.3, -0.25) is 4.98 Å². The zero-order chi connectivity index (χ0) is 10.9. The highest BCUT2D eigenvalue weighted by Gasteiger charge is 1.98. The van der Waals surface area contributed by atoms with E-state index in [2.05, 4.69) is 15.6 Å². The molecule has 2 amide bonds. The molecule has 0 aliphatic carbocycles. The van der Waals surface area contributed by atoms with Gasteiger partial charge in [-0.05, 0) is 17.7 Å². The van der Waals surface area contributed by atoms with Crippen LogP contribution in [0.5, 0.6) is 0 Å². The number of carbonyl (C=O) groups excluding carboxylic acids is 1. The first kappa shape index (κ1) is 11.5. The van der Waals surface area contributed by atoms with E-state index < -0.39 is 0 Å². The quantitative estimate of drug-likeness (QED) is 0.695. The second kappa shape index (κ2) is 6.78. The Morgan fingerprint density at radius 3 is 2.80 bits per heavy atom. The Morgan fingerprint density at radius 2 is 2.13 bits per heavy atom. The van der Waals surface area contributed by atoms with E-state index in [1.807, 2.05) is 12.1 Å². The molecule has 0 saturated heterocycles. The van der Waals surface area contributed by atoms with Crippen molar-refractivity contribution >= 4 is 6.03 Å². The maximum atomic E-state index is 11.2. The maximum absolute atomic E-state index is 11.2. The fourth-order valence-electron chi connectivity index (χ4n) is 1.01. The van der Waals surface area contributed by atoms with Crippen molar-refractivity contribution in [3.05, 3.63) is 30.1 Å². The van der Waals surface area contributed by atoms with Crippen molar-refractivity contribution in [2.75, 3.05) is 20.3 Å². The minimum atomic E-state index is -0.191. The third-order valence-corrected chi connectivity index (χ3v) is 1.79. The van der Waals surface area contributed by atoms with Crippen molar-refractivity contribution in [1.29, 1.82) is 0 Å². The summed E-state index contributed by atoms with van der Waals surface area (Å²) in [4.78, 5) is 15.1. The number of pyridine rings is 1. The van der Waals surface area contributed by atoms with Crippen molar-refractivity contribution in [3.63, 3.8) is 0 Å². The average Bonchev–Trinajstić information content (AvgIpc) is 2.28. The van der Waals surface area contributed by atoms with Gasteiger partial charge in [0.2, 0.25) is 0 Å². The molecule has 5 nitrogen and oxygen atoms in total. The van der Waals surface area contributed by atoms with E-state index >= 15 is 0 Å². The molecule has 0 aliphatic heterocycles. The molecule has 82 valence electrons. The Labute approximate surface area is 88.9 Å². The van der Waals surface area contributed by atoms with Crippen LogP contribution < -0.4 is 10.6 Å². The number of amides is 2. The second-order valence-electron chi connectivity index (χ2n) is 2.96. The molecule has 15 heavy (non-hydrogen) atoms. The fourth-order valence-corrected chi connectivity index (χ4v) is 1.01. The highest BCUT2D eigenvalue weighted by atomic mass is 16.5. The zero-order valence-electron chi connectivity index (χ0n) is 8.69. The van der Waals surface area contributed by atoms with E-state index in [1.54, 1.807) is 19.5 Å². The number of nitrogens with zero attached hydrogens (tertiary/aromatic N) is 1. The molecule has 0 spiro atoms. The molecule has 0 bridgehead atoms. The summed E-state index contributed by atoms with van der Waals surface area (Å²) in [5.41, 5.74) is 1.02. The van der Waals surface area contributed by atoms with Gasteiger partial charge in [0, 0.05) is 32.6 Å². The molecular weight excluding hydrogens is 194 g/mol. The number of aromatic nitrogens is 1. The van der Waals surface area contributed by atoms with E-state index in [-0.39, 0.29) is 6.03 Å². The van der Waals surface area contributed by atoms with Crippen molar-refractivity contribution < 1.29 is 9.53 Å². The zero-order valence-corrected chi connectivity index (χ0v) is 8.69. The summed E-state index contributed by atoms with van der Waals surface area (Å²) in [5.74, 6) is 0. The van der Waals surface area contributed by atoms with Crippen LogP contribution in [0.2, 0.25) is 0 Å². The van der Waals surface area contributed by atoms with Gasteiger partial charge in [-0.1, -0.05) is 0 Å². The molecule has 1 rings (SSSR count). The first-order chi connectivity index (χ1) is 7.33. The topological polar surface area (TPSA) is 63.2 Å². The van der Waals surface area contributed by atoms with Crippen molar-refractivity contribution in [2.24, 2.45) is 0 Å². The molecule has 0 fully saturated rings. The molecule has 5 heteroatoms. The lowest BCUT2D eigenvalue weighted by atomic mass is 10.3. The molecule has 0 saturated carbocycles. The summed E-state index contributed by atoms with van der Waals surface area (Å²) in [6, 6.07) is 3.52. The molecule has 0 atom stereocenters. The number of hydrogen-bond donors (Lipinski definition) is 2. The van der Waals surface area contributed by atoms with Gasteiger partial charge in [-0.15, -0.1) is 0 Å². The Kier molecular flexibility index (Phi) is 5.18. The van der Waals surface area contributed by atoms with Crippen LogP contribution in [-0.4, -0.2) is 31.3 Å². The normalized spacial score (nSPS) is 9.67. The third kappa shape index (κ3) is 4.97. The Morgan fingerprint density at radius 1 is 1.40 bits per heavy atom. The van der Waals surface area contributed by atoms with Gasteiger partial charge in [-0.2, -0.15) is 0 Å². The van der Waals surface area contributed by atoms with E-state index in [9.17, 15) is 4.79 Å². The number of ether oxygens (including phenoxy) is 1. The van der Waals surface area contributed by atoms with Crippen molar-refractivity contribution in [1.82, 2.24) is 15.6 Å². The predicted molar refractivity (Wildman–Crippen MR) is 56.4 cm³/mol. The van der Waals surface area contributed by atoms with Gasteiger partial charge < -0.3 is 15.4 Å². The van der Waals surface area contributed by atoms with Crippen LogP contribution in [-0.2, 0) is 11.3 Å². The summed E-state index contributed by atoms with van der Waals surface area (Å²) in [5, 5.41) is 5.39. The Balaban J connectivity index is 2.17. The standard InChI is InChI=1S/C10H15N3O2/c1-15-7-6-12-10(14)13-8-9-2-4-11-5-3-9/h2-5H,6-8H2,1H3,(H2,12,13,14). The largest absolute Gasteiger partial charge is 0.383 e. The molecule has 0 aliphatic rings. The van der Waals surface area contributed by atoms with Gasteiger partial charge in [0.15, 0.2) is 0 Å². The van der Waals surface area contributed by atoms with E-state index in [4.69, 9.17) is 4.74 Å². The summed E-state index contributed by atoms with van der Waals surface area (Å²) in [7, 11) is 1.59. The van der Waals surface area contributed by atoms with Crippen LogP contribution in [0, 0.1) is 0 Å². The number of rotatable bonds is 5. The molecule has 0 unspecified atom stereocenters. The van der Waals surface area contributed by atoms with Gasteiger partial charge in [0.25, 0.3) is 0 Å². The lowest BCUT2D eigenvalue weighted by Gasteiger charge is -2.06. The van der Waals surface area contributed by atoms with Gasteiger partial charge in [0.05, 0.1) is 6.61 Å². The van der Waals surface area contributed by atoms with E-state index in [1.165, 1.54) is 0 Å². The summed E-state index contributed by atoms with van der Waals surface area (Å²) in [6.45, 7) is 1.53. The monoisotopic (exact) mass is 209 g/mol. The average molecular weight is 209 g/mol. The highest BCUT2D eigenvalue weighted by molar-refractivity contribution is 5.73. The number of hydrogen-bond acceptors (Lipinski definition) is 3. The van der Waals surface area contributed by atoms with Crippen LogP contribution in [0.3, 0.4) is 0 Å². The molecule has 0 aromatic carbocycles. The minimum Gasteiger partial charge on any atom is -0.383 e. The molecular formula is C10H15N3O2. The van der Waals surface area contributed by atoms with E-state index in [0.29, 0.717) is 19.7 Å². The van der Waals surface area contributed by atoms with Gasteiger partial charge >= 0.3 is 6.03 Å². The van der Waals surface area contributed by atoms with Crippen LogP contribution in [0.4, 0.5) is 4.79 Å². The number of urea groups is 1. The van der Waals surface area contributed by atoms with Gasteiger partial charge in [-0.25, -0.2) is 4.79 Å².